The molecule has 4 heterocycles. The molecular formula is C21H26N4O2. The molecule has 6 nitrogen and oxygen atoms in total. The molecule has 5 rings (SSSR count). The lowest BCUT2D eigenvalue weighted by Crippen LogP contribution is -2.37. The zero-order valence-corrected chi connectivity index (χ0v) is 15.9. The van der Waals surface area contributed by atoms with E-state index in [9.17, 15) is 4.79 Å². The summed E-state index contributed by atoms with van der Waals surface area (Å²) in [5.41, 5.74) is 4.13. The number of nitrogens with one attached hydrogen (secondary N) is 1. The highest BCUT2D eigenvalue weighted by Crippen LogP contribution is 2.31. The van der Waals surface area contributed by atoms with Crippen LogP contribution in [0.5, 0.6) is 0 Å². The van der Waals surface area contributed by atoms with Crippen molar-refractivity contribution in [3.8, 4) is 0 Å². The van der Waals surface area contributed by atoms with Crippen LogP contribution in [-0.2, 0) is 25.8 Å². The number of hydrogen-bond donors (Lipinski definition) is 1. The van der Waals surface area contributed by atoms with Gasteiger partial charge < -0.3 is 14.6 Å². The fourth-order valence-electron chi connectivity index (χ4n) is 4.72. The van der Waals surface area contributed by atoms with Crippen molar-refractivity contribution in [2.24, 2.45) is 0 Å². The van der Waals surface area contributed by atoms with E-state index in [4.69, 9.17) is 9.40 Å². The third-order valence-electron chi connectivity index (χ3n) is 6.17. The molecule has 2 aromatic rings. The van der Waals surface area contributed by atoms with E-state index >= 15 is 0 Å². The molecule has 6 heteroatoms. The highest BCUT2D eigenvalue weighted by Gasteiger charge is 2.31. The van der Waals surface area contributed by atoms with Crippen molar-refractivity contribution >= 4 is 5.91 Å². The first kappa shape index (κ1) is 16.9. The fraction of sp³-hybridized carbons (Fsp3) is 0.571. The largest absolute Gasteiger partial charge is 0.465 e. The number of fused-ring (bicyclic) bond motifs is 2. The van der Waals surface area contributed by atoms with Crippen molar-refractivity contribution in [3.63, 3.8) is 0 Å². The Hall–Kier alpha value is -2.21. The normalized spacial score (nSPS) is 21.8. The van der Waals surface area contributed by atoms with Gasteiger partial charge in [-0.2, -0.15) is 0 Å². The van der Waals surface area contributed by atoms with Gasteiger partial charge in [0.2, 0.25) is 0 Å². The minimum absolute atomic E-state index is 0.103. The van der Waals surface area contributed by atoms with Gasteiger partial charge in [0, 0.05) is 43.3 Å². The molecule has 27 heavy (non-hydrogen) atoms. The van der Waals surface area contributed by atoms with Gasteiger partial charge in [0.05, 0.1) is 17.3 Å². The molecule has 0 radical (unpaired) electrons. The van der Waals surface area contributed by atoms with E-state index in [-0.39, 0.29) is 11.9 Å². The second-order valence-corrected chi connectivity index (χ2v) is 7.97. The number of rotatable bonds is 2. The summed E-state index contributed by atoms with van der Waals surface area (Å²) in [6.45, 7) is 4.26. The second kappa shape index (κ2) is 6.75. The topological polar surface area (TPSA) is 71.3 Å². The number of aromatic nitrogens is 2. The molecule has 0 saturated carbocycles. The molecule has 1 aliphatic carbocycles. The molecule has 3 aliphatic rings. The average molecular weight is 366 g/mol. The third kappa shape index (κ3) is 2.96. The van der Waals surface area contributed by atoms with E-state index < -0.39 is 0 Å². The molecule has 2 aromatic heterocycles. The van der Waals surface area contributed by atoms with Crippen LogP contribution in [0.3, 0.4) is 0 Å². The minimum atomic E-state index is 0.103. The Balaban J connectivity index is 1.38. The van der Waals surface area contributed by atoms with Gasteiger partial charge in [0.25, 0.3) is 5.91 Å². The number of carbonyl (C=O) groups excluding carboxylic acids is 1. The molecule has 1 saturated heterocycles. The smallest absolute Gasteiger partial charge is 0.257 e. The van der Waals surface area contributed by atoms with Crippen molar-refractivity contribution < 1.29 is 9.21 Å². The molecule has 1 N–H and O–H groups in total. The summed E-state index contributed by atoms with van der Waals surface area (Å²) in [6, 6.07) is 0.287. The number of nitrogens with zero attached hydrogens (tertiary/aromatic N) is 3. The Bertz CT molecular complexity index is 883. The SMILES string of the molecule is Cc1oc2c(c1C(=O)N1CCc3nc(C4CCCN4)ncc3C1)CCCC2. The van der Waals surface area contributed by atoms with Crippen LogP contribution in [-0.4, -0.2) is 33.9 Å². The van der Waals surface area contributed by atoms with E-state index in [0.717, 1.165) is 84.8 Å². The zero-order valence-electron chi connectivity index (χ0n) is 15.9. The number of carbonyl (C=O) groups is 1. The lowest BCUT2D eigenvalue weighted by molar-refractivity contribution is 0.0730. The van der Waals surface area contributed by atoms with Gasteiger partial charge in [0.15, 0.2) is 0 Å². The van der Waals surface area contributed by atoms with Gasteiger partial charge in [-0.1, -0.05) is 0 Å². The number of amides is 1. The molecule has 142 valence electrons. The first-order chi connectivity index (χ1) is 13.2. The van der Waals surface area contributed by atoms with Crippen molar-refractivity contribution in [2.45, 2.75) is 64.5 Å². The quantitative estimate of drug-likeness (QED) is 0.885. The predicted molar refractivity (Wildman–Crippen MR) is 101 cm³/mol. The van der Waals surface area contributed by atoms with E-state index in [1.54, 1.807) is 0 Å². The summed E-state index contributed by atoms with van der Waals surface area (Å²) >= 11 is 0. The van der Waals surface area contributed by atoms with E-state index in [0.29, 0.717) is 13.1 Å². The number of aryl methyl sites for hydroxylation is 2. The van der Waals surface area contributed by atoms with Crippen LogP contribution in [0.2, 0.25) is 0 Å². The lowest BCUT2D eigenvalue weighted by atomic mass is 9.93. The molecule has 1 unspecified atom stereocenters. The zero-order chi connectivity index (χ0) is 18.4. The maximum atomic E-state index is 13.3. The van der Waals surface area contributed by atoms with Crippen molar-refractivity contribution in [2.75, 3.05) is 13.1 Å². The van der Waals surface area contributed by atoms with Crippen LogP contribution in [0.1, 0.15) is 76.2 Å². The van der Waals surface area contributed by atoms with Gasteiger partial charge in [-0.05, 0) is 45.6 Å². The summed E-state index contributed by atoms with van der Waals surface area (Å²) < 4.78 is 5.91. The highest BCUT2D eigenvalue weighted by molar-refractivity contribution is 5.97. The lowest BCUT2D eigenvalue weighted by Gasteiger charge is -2.29. The van der Waals surface area contributed by atoms with E-state index in [2.05, 4.69) is 10.3 Å². The van der Waals surface area contributed by atoms with Crippen LogP contribution in [0, 0.1) is 6.92 Å². The van der Waals surface area contributed by atoms with E-state index in [1.165, 1.54) is 6.42 Å². The molecule has 1 amide bonds. The molecule has 0 aromatic carbocycles. The molecule has 0 bridgehead atoms. The molecule has 2 aliphatic heterocycles. The minimum Gasteiger partial charge on any atom is -0.465 e. The van der Waals surface area contributed by atoms with Crippen molar-refractivity contribution in [3.05, 3.63) is 45.9 Å². The van der Waals surface area contributed by atoms with Gasteiger partial charge in [0.1, 0.15) is 17.3 Å². The maximum Gasteiger partial charge on any atom is 0.257 e. The summed E-state index contributed by atoms with van der Waals surface area (Å²) in [7, 11) is 0. The summed E-state index contributed by atoms with van der Waals surface area (Å²) in [5.74, 6) is 2.81. The Labute approximate surface area is 159 Å². The first-order valence-electron chi connectivity index (χ1n) is 10.2. The molecule has 0 spiro atoms. The standard InChI is InChI=1S/C21H26N4O2/c1-13-19(15-5-2-3-7-18(15)27-13)21(26)25-10-8-16-14(12-25)11-23-20(24-16)17-6-4-9-22-17/h11,17,22H,2-10,12H2,1H3. The van der Waals surface area contributed by atoms with Crippen LogP contribution in [0.15, 0.2) is 10.6 Å². The van der Waals surface area contributed by atoms with E-state index in [1.807, 2.05) is 18.0 Å². The van der Waals surface area contributed by atoms with Crippen LogP contribution < -0.4 is 5.32 Å². The Morgan fingerprint density at radius 3 is 3.00 bits per heavy atom. The molecule has 1 fully saturated rings. The summed E-state index contributed by atoms with van der Waals surface area (Å²) in [5, 5.41) is 3.46. The van der Waals surface area contributed by atoms with Crippen molar-refractivity contribution in [1.29, 1.82) is 0 Å². The summed E-state index contributed by atoms with van der Waals surface area (Å²) in [4.78, 5) is 24.6. The number of furan rings is 1. The summed E-state index contributed by atoms with van der Waals surface area (Å²) in [6.07, 6.45) is 9.21. The van der Waals surface area contributed by atoms with Crippen LogP contribution >= 0.6 is 0 Å². The second-order valence-electron chi connectivity index (χ2n) is 7.97. The Morgan fingerprint density at radius 2 is 2.15 bits per heavy atom. The average Bonchev–Trinajstić information content (AvgIpc) is 3.34. The number of hydrogen-bond acceptors (Lipinski definition) is 5. The van der Waals surface area contributed by atoms with Crippen molar-refractivity contribution in [1.82, 2.24) is 20.2 Å². The third-order valence-corrected chi connectivity index (χ3v) is 6.17. The van der Waals surface area contributed by atoms with Crippen LogP contribution in [0.25, 0.3) is 0 Å². The monoisotopic (exact) mass is 366 g/mol. The predicted octanol–water partition coefficient (Wildman–Crippen LogP) is 2.88. The van der Waals surface area contributed by atoms with Gasteiger partial charge in [-0.3, -0.25) is 4.79 Å². The molecular weight excluding hydrogens is 340 g/mol. The van der Waals surface area contributed by atoms with Gasteiger partial charge in [-0.25, -0.2) is 9.97 Å². The fourth-order valence-corrected chi connectivity index (χ4v) is 4.72. The Morgan fingerprint density at radius 1 is 1.26 bits per heavy atom. The Kier molecular flexibility index (Phi) is 4.23. The maximum absolute atomic E-state index is 13.3. The van der Waals surface area contributed by atoms with Gasteiger partial charge in [-0.15, -0.1) is 0 Å². The van der Waals surface area contributed by atoms with Crippen LogP contribution in [0.4, 0.5) is 0 Å². The highest BCUT2D eigenvalue weighted by atomic mass is 16.3. The first-order valence-corrected chi connectivity index (χ1v) is 10.2. The van der Waals surface area contributed by atoms with Gasteiger partial charge >= 0.3 is 0 Å². The molecule has 1 atom stereocenters.